The topological polar surface area (TPSA) is 49.4 Å². The first-order valence-electron chi connectivity index (χ1n) is 6.07. The number of hydrogen-bond acceptors (Lipinski definition) is 4. The van der Waals surface area contributed by atoms with Gasteiger partial charge in [0.2, 0.25) is 0 Å². The van der Waals surface area contributed by atoms with Gasteiger partial charge in [-0.05, 0) is 48.6 Å². The van der Waals surface area contributed by atoms with Crippen LogP contribution in [0.2, 0.25) is 0 Å². The van der Waals surface area contributed by atoms with Gasteiger partial charge in [-0.25, -0.2) is 0 Å². The van der Waals surface area contributed by atoms with Crippen LogP contribution in [0.15, 0.2) is 93.4 Å². The van der Waals surface area contributed by atoms with Crippen LogP contribution in [0.4, 0.5) is 0 Å². The molecule has 20 heavy (non-hydrogen) atoms. The molecule has 0 atom stereocenters. The Morgan fingerprint density at radius 3 is 0.800 bits per heavy atom. The fraction of sp³-hybridized carbons (Fsp3) is 0. The van der Waals surface area contributed by atoms with E-state index in [-0.39, 0.29) is 0 Å². The summed E-state index contributed by atoms with van der Waals surface area (Å²) in [5.41, 5.74) is 0. The van der Waals surface area contributed by atoms with Crippen LogP contribution in [0.5, 0.6) is 0 Å². The van der Waals surface area contributed by atoms with Crippen molar-refractivity contribution in [3.63, 3.8) is 0 Å². The molecule has 0 unspecified atom stereocenters. The second kappa shape index (κ2) is 12.6. The van der Waals surface area contributed by atoms with Crippen LogP contribution >= 0.6 is 0 Å². The standard InChI is InChI=1S/C16H16N4/c1-2-10-18-12-5-6-14-20-16-8-7-15-19-13-4-3-11-17-9-1/h1-16H. The third-order valence-electron chi connectivity index (χ3n) is 1.82. The molecule has 0 saturated carbocycles. The highest BCUT2D eigenvalue weighted by Gasteiger charge is 1.67. The lowest BCUT2D eigenvalue weighted by Gasteiger charge is -1.77. The largest absolute Gasteiger partial charge is 0.265 e. The molecule has 0 fully saturated rings. The second-order valence-electron chi connectivity index (χ2n) is 3.33. The molecule has 0 aromatic rings. The Bertz CT molecular complexity index is 333. The maximum Gasteiger partial charge on any atom is 0.0268 e. The molecule has 0 amide bonds. The quantitative estimate of drug-likeness (QED) is 0.643. The zero-order chi connectivity index (χ0) is 14.1. The van der Waals surface area contributed by atoms with Crippen LogP contribution in [-0.2, 0) is 0 Å². The monoisotopic (exact) mass is 264 g/mol. The third-order valence-corrected chi connectivity index (χ3v) is 1.82. The first-order chi connectivity index (χ1) is 10.0. The Labute approximate surface area is 119 Å². The Morgan fingerprint density at radius 1 is 0.300 bits per heavy atom. The lowest BCUT2D eigenvalue weighted by Crippen LogP contribution is -1.66. The predicted octanol–water partition coefficient (Wildman–Crippen LogP) is 3.45. The van der Waals surface area contributed by atoms with Gasteiger partial charge in [0.15, 0.2) is 0 Å². The molecular weight excluding hydrogens is 248 g/mol. The maximum atomic E-state index is 4.04. The van der Waals surface area contributed by atoms with Crippen molar-refractivity contribution < 1.29 is 0 Å². The maximum absolute atomic E-state index is 4.04. The van der Waals surface area contributed by atoms with Crippen molar-refractivity contribution in [2.75, 3.05) is 0 Å². The molecule has 0 N–H and O–H groups in total. The average molecular weight is 264 g/mol. The van der Waals surface area contributed by atoms with Gasteiger partial charge < -0.3 is 0 Å². The normalized spacial score (nSPS) is 16.0. The van der Waals surface area contributed by atoms with Gasteiger partial charge in [0.25, 0.3) is 0 Å². The summed E-state index contributed by atoms with van der Waals surface area (Å²) in [7, 11) is 0. The highest BCUT2D eigenvalue weighted by molar-refractivity contribution is 5.82. The van der Waals surface area contributed by atoms with Gasteiger partial charge >= 0.3 is 0 Å². The molecule has 4 heteroatoms. The second-order valence-corrected chi connectivity index (χ2v) is 3.33. The van der Waals surface area contributed by atoms with Crippen molar-refractivity contribution in [2.45, 2.75) is 0 Å². The summed E-state index contributed by atoms with van der Waals surface area (Å²) in [6, 6.07) is 0. The first kappa shape index (κ1) is 15.2. The highest BCUT2D eigenvalue weighted by atomic mass is 14.7. The van der Waals surface area contributed by atoms with E-state index in [1.54, 1.807) is 98.3 Å². The Balaban J connectivity index is 2.67. The summed E-state index contributed by atoms with van der Waals surface area (Å²) < 4.78 is 0. The first-order valence-corrected chi connectivity index (χ1v) is 6.07. The van der Waals surface area contributed by atoms with Gasteiger partial charge in [0, 0.05) is 49.7 Å². The van der Waals surface area contributed by atoms with Gasteiger partial charge in [0.1, 0.15) is 0 Å². The predicted molar refractivity (Wildman–Crippen MR) is 88.8 cm³/mol. The Morgan fingerprint density at radius 2 is 0.550 bits per heavy atom. The van der Waals surface area contributed by atoms with Crippen molar-refractivity contribution >= 4 is 24.9 Å². The summed E-state index contributed by atoms with van der Waals surface area (Å²) in [6.07, 6.45) is 27.8. The van der Waals surface area contributed by atoms with Crippen LogP contribution in [0, 0.1) is 0 Å². The smallest absolute Gasteiger partial charge is 0.0268 e. The summed E-state index contributed by atoms with van der Waals surface area (Å²) in [6.45, 7) is 0. The molecule has 1 aliphatic heterocycles. The van der Waals surface area contributed by atoms with Crippen LogP contribution in [0.25, 0.3) is 0 Å². The Kier molecular flexibility index (Phi) is 9.54. The van der Waals surface area contributed by atoms with E-state index in [0.29, 0.717) is 0 Å². The number of hydrogen-bond donors (Lipinski definition) is 0. The van der Waals surface area contributed by atoms with E-state index in [2.05, 4.69) is 20.0 Å². The summed E-state index contributed by atoms with van der Waals surface area (Å²) in [5.74, 6) is 0. The highest BCUT2D eigenvalue weighted by Crippen LogP contribution is 1.82. The van der Waals surface area contributed by atoms with Crippen molar-refractivity contribution in [3.8, 4) is 0 Å². The summed E-state index contributed by atoms with van der Waals surface area (Å²) >= 11 is 0. The van der Waals surface area contributed by atoms with E-state index >= 15 is 0 Å². The minimum Gasteiger partial charge on any atom is -0.265 e. The van der Waals surface area contributed by atoms with E-state index in [0.717, 1.165) is 0 Å². The van der Waals surface area contributed by atoms with Crippen LogP contribution in [0.1, 0.15) is 0 Å². The van der Waals surface area contributed by atoms with E-state index in [4.69, 9.17) is 0 Å². The van der Waals surface area contributed by atoms with E-state index in [9.17, 15) is 0 Å². The lowest BCUT2D eigenvalue weighted by molar-refractivity contribution is 1.55. The van der Waals surface area contributed by atoms with Crippen molar-refractivity contribution in [3.05, 3.63) is 73.4 Å². The zero-order valence-corrected chi connectivity index (χ0v) is 11.0. The molecule has 0 bridgehead atoms. The fourth-order valence-electron chi connectivity index (χ4n) is 0.994. The molecule has 0 radical (unpaired) electrons. The van der Waals surface area contributed by atoms with Gasteiger partial charge in [-0.15, -0.1) is 0 Å². The van der Waals surface area contributed by atoms with Crippen LogP contribution in [0.3, 0.4) is 0 Å². The minimum absolute atomic E-state index is 1.68. The van der Waals surface area contributed by atoms with Gasteiger partial charge in [-0.1, -0.05) is 0 Å². The van der Waals surface area contributed by atoms with Gasteiger partial charge in [-0.3, -0.25) is 20.0 Å². The SMILES string of the molecule is C1=CC=NC=CC=CN=CC=CC=NC=CC=CN=C1. The van der Waals surface area contributed by atoms with Crippen molar-refractivity contribution in [2.24, 2.45) is 20.0 Å². The van der Waals surface area contributed by atoms with Crippen molar-refractivity contribution in [1.29, 1.82) is 0 Å². The molecule has 4 nitrogen and oxygen atoms in total. The molecule has 0 aromatic carbocycles. The third kappa shape index (κ3) is 10.3. The van der Waals surface area contributed by atoms with Crippen LogP contribution in [-0.4, -0.2) is 24.9 Å². The van der Waals surface area contributed by atoms with Crippen molar-refractivity contribution in [1.82, 2.24) is 0 Å². The minimum atomic E-state index is 1.68. The molecule has 0 aromatic heterocycles. The Hall–Kier alpha value is -2.88. The van der Waals surface area contributed by atoms with Crippen LogP contribution < -0.4 is 0 Å². The number of aliphatic imine (C=N–C) groups is 4. The summed E-state index contributed by atoms with van der Waals surface area (Å²) in [5, 5.41) is 0. The zero-order valence-electron chi connectivity index (χ0n) is 11.0. The number of nitrogens with zero attached hydrogens (tertiary/aromatic N) is 4. The molecular formula is C16H16N4. The number of rotatable bonds is 0. The number of allylic oxidation sites excluding steroid dienone is 8. The van der Waals surface area contributed by atoms with E-state index in [1.807, 2.05) is 0 Å². The summed E-state index contributed by atoms with van der Waals surface area (Å²) in [4.78, 5) is 16.2. The average Bonchev–Trinajstić information content (AvgIpc) is 2.46. The van der Waals surface area contributed by atoms with Gasteiger partial charge in [-0.2, -0.15) is 0 Å². The molecule has 100 valence electrons. The fourth-order valence-corrected chi connectivity index (χ4v) is 0.994. The molecule has 0 saturated heterocycles. The van der Waals surface area contributed by atoms with Gasteiger partial charge in [0.05, 0.1) is 0 Å². The van der Waals surface area contributed by atoms with E-state index in [1.165, 1.54) is 0 Å². The molecule has 1 aliphatic rings. The lowest BCUT2D eigenvalue weighted by atomic mass is 10.5. The molecule has 1 rings (SSSR count). The molecule has 0 aliphatic carbocycles. The molecule has 1 heterocycles. The van der Waals surface area contributed by atoms with E-state index < -0.39 is 0 Å². The molecule has 0 spiro atoms.